The molecule has 2 atom stereocenters. The molecule has 3 heterocycles. The first-order valence-electron chi connectivity index (χ1n) is 8.03. The molecule has 126 valence electrons. The highest BCUT2D eigenvalue weighted by molar-refractivity contribution is 5.17. The van der Waals surface area contributed by atoms with Crippen LogP contribution in [0.4, 0.5) is 0 Å². The maximum Gasteiger partial charge on any atom is 0.101 e. The van der Waals surface area contributed by atoms with Crippen LogP contribution in [0.25, 0.3) is 0 Å². The Balaban J connectivity index is 1.61. The van der Waals surface area contributed by atoms with Crippen LogP contribution >= 0.6 is 0 Å². The van der Waals surface area contributed by atoms with Crippen molar-refractivity contribution < 1.29 is 9.47 Å². The maximum atomic E-state index is 5.93. The number of methoxy groups -OCH3 is 1. The molecule has 2 aromatic heterocycles. The van der Waals surface area contributed by atoms with E-state index in [1.807, 2.05) is 28.8 Å². The fraction of sp³-hybridized carbons (Fsp3) is 0.625. The minimum atomic E-state index is 0.0586. The highest BCUT2D eigenvalue weighted by Crippen LogP contribution is 2.29. The molecule has 1 aliphatic rings. The molecule has 0 bridgehead atoms. The minimum absolute atomic E-state index is 0.0586. The Morgan fingerprint density at radius 3 is 3.00 bits per heavy atom. The van der Waals surface area contributed by atoms with Gasteiger partial charge in [-0.1, -0.05) is 0 Å². The average molecular weight is 319 g/mol. The van der Waals surface area contributed by atoms with E-state index in [-0.39, 0.29) is 6.10 Å². The summed E-state index contributed by atoms with van der Waals surface area (Å²) in [6.45, 7) is 5.09. The largest absolute Gasteiger partial charge is 0.383 e. The van der Waals surface area contributed by atoms with Gasteiger partial charge in [0.05, 0.1) is 25.5 Å². The molecule has 0 unspecified atom stereocenters. The van der Waals surface area contributed by atoms with Crippen LogP contribution in [0, 0.1) is 6.92 Å². The normalized spacial score (nSPS) is 21.2. The van der Waals surface area contributed by atoms with Gasteiger partial charge in [0.25, 0.3) is 0 Å². The summed E-state index contributed by atoms with van der Waals surface area (Å²) in [7, 11) is 3.67. The average Bonchev–Trinajstić information content (AvgIpc) is 3.26. The zero-order chi connectivity index (χ0) is 16.2. The molecule has 0 amide bonds. The summed E-state index contributed by atoms with van der Waals surface area (Å²) in [4.78, 5) is 0. The molecule has 0 radical (unpaired) electrons. The van der Waals surface area contributed by atoms with Crippen LogP contribution < -0.4 is 5.32 Å². The molecule has 1 aliphatic heterocycles. The second-order valence-corrected chi connectivity index (χ2v) is 5.98. The van der Waals surface area contributed by atoms with Crippen molar-refractivity contribution in [2.45, 2.75) is 38.6 Å². The van der Waals surface area contributed by atoms with E-state index in [0.717, 1.165) is 31.7 Å². The number of nitrogens with one attached hydrogen (secondary N) is 1. The third-order valence-electron chi connectivity index (χ3n) is 4.49. The number of hydrogen-bond donors (Lipinski definition) is 1. The first kappa shape index (κ1) is 16.2. The van der Waals surface area contributed by atoms with Crippen molar-refractivity contribution >= 4 is 0 Å². The van der Waals surface area contributed by atoms with Gasteiger partial charge in [-0.25, -0.2) is 0 Å². The van der Waals surface area contributed by atoms with Gasteiger partial charge < -0.3 is 14.8 Å². The van der Waals surface area contributed by atoms with E-state index in [1.165, 1.54) is 11.3 Å². The van der Waals surface area contributed by atoms with E-state index < -0.39 is 0 Å². The Hall–Kier alpha value is -1.70. The van der Waals surface area contributed by atoms with Gasteiger partial charge in [-0.15, -0.1) is 0 Å². The third kappa shape index (κ3) is 3.63. The second kappa shape index (κ2) is 7.25. The number of nitrogens with zero attached hydrogens (tertiary/aromatic N) is 4. The van der Waals surface area contributed by atoms with E-state index in [0.29, 0.717) is 12.6 Å². The topological polar surface area (TPSA) is 66.1 Å². The van der Waals surface area contributed by atoms with Gasteiger partial charge >= 0.3 is 0 Å². The Morgan fingerprint density at radius 2 is 2.26 bits per heavy atom. The van der Waals surface area contributed by atoms with Gasteiger partial charge in [-0.2, -0.15) is 10.2 Å². The molecule has 0 aromatic carbocycles. The van der Waals surface area contributed by atoms with E-state index in [1.54, 1.807) is 7.11 Å². The second-order valence-electron chi connectivity index (χ2n) is 5.98. The van der Waals surface area contributed by atoms with Crippen LogP contribution in [-0.2, 0) is 29.6 Å². The fourth-order valence-electron chi connectivity index (χ4n) is 2.92. The zero-order valence-electron chi connectivity index (χ0n) is 14.0. The fourth-order valence-corrected chi connectivity index (χ4v) is 2.92. The first-order valence-corrected chi connectivity index (χ1v) is 8.03. The lowest BCUT2D eigenvalue weighted by Crippen LogP contribution is -2.31. The number of aryl methyl sites for hydroxylation is 1. The van der Waals surface area contributed by atoms with Gasteiger partial charge in [0.2, 0.25) is 0 Å². The summed E-state index contributed by atoms with van der Waals surface area (Å²) in [5.41, 5.74) is 3.55. The highest BCUT2D eigenvalue weighted by Gasteiger charge is 2.30. The zero-order valence-corrected chi connectivity index (χ0v) is 14.0. The Labute approximate surface area is 136 Å². The van der Waals surface area contributed by atoms with Gasteiger partial charge in [0, 0.05) is 56.4 Å². The maximum absolute atomic E-state index is 5.93. The van der Waals surface area contributed by atoms with Crippen molar-refractivity contribution in [1.82, 2.24) is 24.9 Å². The molecule has 7 nitrogen and oxygen atoms in total. The Kier molecular flexibility index (Phi) is 5.09. The van der Waals surface area contributed by atoms with Crippen molar-refractivity contribution in [3.05, 3.63) is 35.4 Å². The molecule has 0 spiro atoms. The van der Waals surface area contributed by atoms with Crippen LogP contribution in [0.2, 0.25) is 0 Å². The molecule has 1 N–H and O–H groups in total. The molecule has 3 rings (SSSR count). The van der Waals surface area contributed by atoms with Crippen LogP contribution in [0.15, 0.2) is 18.6 Å². The molecule has 0 aliphatic carbocycles. The van der Waals surface area contributed by atoms with Crippen LogP contribution in [0.3, 0.4) is 0 Å². The predicted molar refractivity (Wildman–Crippen MR) is 86.0 cm³/mol. The number of rotatable bonds is 7. The lowest BCUT2D eigenvalue weighted by atomic mass is 10.1. The van der Waals surface area contributed by atoms with E-state index >= 15 is 0 Å². The highest BCUT2D eigenvalue weighted by atomic mass is 16.5. The molecule has 23 heavy (non-hydrogen) atoms. The lowest BCUT2D eigenvalue weighted by molar-refractivity contribution is 0.0983. The SMILES string of the molecule is COCCn1cc([C@H]2OCC[C@@H]2NCc2cnn(C)c2C)cn1. The summed E-state index contributed by atoms with van der Waals surface area (Å²) >= 11 is 0. The van der Waals surface area contributed by atoms with Gasteiger partial charge in [0.1, 0.15) is 6.10 Å². The molecule has 2 aromatic rings. The number of aromatic nitrogens is 4. The summed E-state index contributed by atoms with van der Waals surface area (Å²) in [6.07, 6.45) is 6.95. The Bertz CT molecular complexity index is 636. The van der Waals surface area contributed by atoms with Gasteiger partial charge in [-0.3, -0.25) is 9.36 Å². The van der Waals surface area contributed by atoms with E-state index in [4.69, 9.17) is 9.47 Å². The van der Waals surface area contributed by atoms with Crippen molar-refractivity contribution in [3.63, 3.8) is 0 Å². The predicted octanol–water partition coefficient (Wildman–Crippen LogP) is 1.19. The third-order valence-corrected chi connectivity index (χ3v) is 4.49. The standard InChI is InChI=1S/C16H25N5O2/c1-12-13(9-18-20(12)2)8-17-15-4-6-23-16(15)14-10-19-21(11-14)5-7-22-3/h9-11,15-17H,4-8H2,1-3H3/t15-,16+/m0/s1. The van der Waals surface area contributed by atoms with E-state index in [9.17, 15) is 0 Å². The van der Waals surface area contributed by atoms with Crippen molar-refractivity contribution in [2.24, 2.45) is 7.05 Å². The first-order chi connectivity index (χ1) is 11.2. The van der Waals surface area contributed by atoms with Crippen LogP contribution in [-0.4, -0.2) is 45.9 Å². The molecule has 1 fully saturated rings. The van der Waals surface area contributed by atoms with Crippen molar-refractivity contribution in [1.29, 1.82) is 0 Å². The number of hydrogen-bond acceptors (Lipinski definition) is 5. The molecule has 1 saturated heterocycles. The smallest absolute Gasteiger partial charge is 0.101 e. The monoisotopic (exact) mass is 319 g/mol. The van der Waals surface area contributed by atoms with Crippen LogP contribution in [0.1, 0.15) is 29.3 Å². The summed E-state index contributed by atoms with van der Waals surface area (Å²) < 4.78 is 14.8. The summed E-state index contributed by atoms with van der Waals surface area (Å²) in [5.74, 6) is 0. The lowest BCUT2D eigenvalue weighted by Gasteiger charge is -2.18. The van der Waals surface area contributed by atoms with Crippen LogP contribution in [0.5, 0.6) is 0 Å². The van der Waals surface area contributed by atoms with Crippen molar-refractivity contribution in [3.8, 4) is 0 Å². The van der Waals surface area contributed by atoms with Gasteiger partial charge in [-0.05, 0) is 13.3 Å². The summed E-state index contributed by atoms with van der Waals surface area (Å²) in [6, 6.07) is 0.301. The Morgan fingerprint density at radius 1 is 1.39 bits per heavy atom. The summed E-state index contributed by atoms with van der Waals surface area (Å²) in [5, 5.41) is 12.3. The van der Waals surface area contributed by atoms with E-state index in [2.05, 4.69) is 28.6 Å². The molecule has 7 heteroatoms. The quantitative estimate of drug-likeness (QED) is 0.830. The molecule has 0 saturated carbocycles. The molecular formula is C16H25N5O2. The number of ether oxygens (including phenoxy) is 2. The minimum Gasteiger partial charge on any atom is -0.383 e. The molecular weight excluding hydrogens is 294 g/mol. The van der Waals surface area contributed by atoms with Crippen molar-refractivity contribution in [2.75, 3.05) is 20.3 Å². The van der Waals surface area contributed by atoms with Gasteiger partial charge in [0.15, 0.2) is 0 Å².